The number of rotatable bonds is 2. The highest BCUT2D eigenvalue weighted by Crippen LogP contribution is 2.28. The highest BCUT2D eigenvalue weighted by molar-refractivity contribution is 5.95. The normalized spacial score (nSPS) is 21.7. The van der Waals surface area contributed by atoms with Gasteiger partial charge in [-0.2, -0.15) is 0 Å². The lowest BCUT2D eigenvalue weighted by Gasteiger charge is -2.41. The number of carbonyl (C=O) groups is 1. The van der Waals surface area contributed by atoms with Crippen LogP contribution in [0.1, 0.15) is 28.6 Å². The number of anilines is 1. The van der Waals surface area contributed by atoms with Crippen LogP contribution in [0.2, 0.25) is 0 Å². The third-order valence-corrected chi connectivity index (χ3v) is 5.30. The van der Waals surface area contributed by atoms with Gasteiger partial charge in [-0.3, -0.25) is 9.80 Å². The maximum Gasteiger partial charge on any atom is 0.270 e. The summed E-state index contributed by atoms with van der Waals surface area (Å²) >= 11 is 0. The number of amides is 1. The number of fused-ring (bicyclic) bond motifs is 1. The van der Waals surface area contributed by atoms with Gasteiger partial charge in [-0.1, -0.05) is 0 Å². The van der Waals surface area contributed by atoms with Crippen LogP contribution in [0, 0.1) is 5.82 Å². The first-order valence-electron chi connectivity index (χ1n) is 8.95. The van der Waals surface area contributed by atoms with Crippen LogP contribution in [-0.2, 0) is 7.05 Å². The minimum absolute atomic E-state index is 0.0487. The Morgan fingerprint density at radius 3 is 2.42 bits per heavy atom. The summed E-state index contributed by atoms with van der Waals surface area (Å²) in [5, 5.41) is 14.2. The van der Waals surface area contributed by atoms with E-state index in [2.05, 4.69) is 9.91 Å². The number of aromatic nitrogens is 1. The molecule has 3 heterocycles. The number of aryl methyl sites for hydroxylation is 1. The summed E-state index contributed by atoms with van der Waals surface area (Å²) in [6.07, 6.45) is 1.72. The van der Waals surface area contributed by atoms with Gasteiger partial charge in [-0.25, -0.2) is 9.40 Å². The zero-order valence-electron chi connectivity index (χ0n) is 14.8. The van der Waals surface area contributed by atoms with E-state index in [-0.39, 0.29) is 11.7 Å². The van der Waals surface area contributed by atoms with E-state index in [1.54, 1.807) is 23.2 Å². The predicted molar refractivity (Wildman–Crippen MR) is 96.2 cm³/mol. The average Bonchev–Trinajstić information content (AvgIpc) is 2.98. The van der Waals surface area contributed by atoms with Crippen molar-refractivity contribution in [2.24, 2.45) is 7.05 Å². The summed E-state index contributed by atoms with van der Waals surface area (Å²) in [5.74, 6) is -0.285. The van der Waals surface area contributed by atoms with Crippen molar-refractivity contribution >= 4 is 11.6 Å². The van der Waals surface area contributed by atoms with Crippen LogP contribution in [0.5, 0.6) is 0 Å². The number of carbonyl (C=O) groups excluding carboxylic acids is 1. The first-order chi connectivity index (χ1) is 12.5. The lowest BCUT2D eigenvalue weighted by molar-refractivity contribution is -0.0174. The van der Waals surface area contributed by atoms with E-state index in [4.69, 9.17) is 0 Å². The second-order valence-corrected chi connectivity index (χ2v) is 6.88. The van der Waals surface area contributed by atoms with E-state index in [0.29, 0.717) is 37.3 Å². The fourth-order valence-electron chi connectivity index (χ4n) is 3.88. The van der Waals surface area contributed by atoms with Crippen molar-refractivity contribution < 1.29 is 14.3 Å². The van der Waals surface area contributed by atoms with Crippen molar-refractivity contribution in [1.82, 2.24) is 14.6 Å². The number of hydrogen-bond donors (Lipinski definition) is 1. The van der Waals surface area contributed by atoms with E-state index < -0.39 is 6.10 Å². The molecule has 2 aromatic rings. The van der Waals surface area contributed by atoms with Crippen molar-refractivity contribution in [3.63, 3.8) is 0 Å². The van der Waals surface area contributed by atoms with E-state index in [1.807, 2.05) is 17.8 Å². The molecule has 2 aliphatic rings. The summed E-state index contributed by atoms with van der Waals surface area (Å²) in [6.45, 7) is 3.45. The fourth-order valence-corrected chi connectivity index (χ4v) is 3.88. The summed E-state index contributed by atoms with van der Waals surface area (Å²) in [7, 11) is 1.85. The van der Waals surface area contributed by atoms with Crippen molar-refractivity contribution in [1.29, 1.82) is 0 Å². The van der Waals surface area contributed by atoms with Gasteiger partial charge >= 0.3 is 0 Å². The second-order valence-electron chi connectivity index (χ2n) is 6.88. The van der Waals surface area contributed by atoms with Crippen LogP contribution in [0.4, 0.5) is 10.1 Å². The summed E-state index contributed by atoms with van der Waals surface area (Å²) < 4.78 is 14.9. The maximum atomic E-state index is 13.1. The van der Waals surface area contributed by atoms with Gasteiger partial charge in [0.15, 0.2) is 0 Å². The van der Waals surface area contributed by atoms with Crippen molar-refractivity contribution in [3.8, 4) is 0 Å². The zero-order valence-corrected chi connectivity index (χ0v) is 14.8. The van der Waals surface area contributed by atoms with Crippen LogP contribution in [0.25, 0.3) is 0 Å². The van der Waals surface area contributed by atoms with Crippen molar-refractivity contribution in [2.75, 3.05) is 37.6 Å². The smallest absolute Gasteiger partial charge is 0.270 e. The van der Waals surface area contributed by atoms with E-state index in [9.17, 15) is 14.3 Å². The molecule has 138 valence electrons. The highest BCUT2D eigenvalue weighted by Gasteiger charge is 2.33. The first kappa shape index (κ1) is 17.1. The molecule has 7 heteroatoms. The molecule has 1 atom stereocenters. The molecule has 1 unspecified atom stereocenters. The lowest BCUT2D eigenvalue weighted by atomic mass is 10.1. The number of hydrogen-bond acceptors (Lipinski definition) is 4. The van der Waals surface area contributed by atoms with Gasteiger partial charge in [0.2, 0.25) is 0 Å². The molecule has 1 amide bonds. The Balaban J connectivity index is 1.47. The Morgan fingerprint density at radius 1 is 1.04 bits per heavy atom. The highest BCUT2D eigenvalue weighted by atomic mass is 19.1. The fraction of sp³-hybridized carbons (Fsp3) is 0.421. The summed E-state index contributed by atoms with van der Waals surface area (Å²) in [5.41, 5.74) is 2.27. The zero-order chi connectivity index (χ0) is 18.3. The van der Waals surface area contributed by atoms with Crippen LogP contribution in [0.3, 0.4) is 0 Å². The van der Waals surface area contributed by atoms with Crippen LogP contribution in [0.15, 0.2) is 36.5 Å². The molecule has 1 aromatic carbocycles. The number of aliphatic hydroxyl groups is 1. The number of piperazine rings is 1. The molecule has 2 aliphatic heterocycles. The third-order valence-electron chi connectivity index (χ3n) is 5.30. The number of halogens is 1. The molecule has 4 rings (SSSR count). The van der Waals surface area contributed by atoms with Gasteiger partial charge in [0.1, 0.15) is 5.82 Å². The molecule has 1 N–H and O–H groups in total. The number of benzene rings is 1. The molecule has 1 fully saturated rings. The largest absolute Gasteiger partial charge is 0.387 e. The summed E-state index contributed by atoms with van der Waals surface area (Å²) in [4.78, 5) is 15.2. The van der Waals surface area contributed by atoms with Gasteiger partial charge in [-0.15, -0.1) is 0 Å². The Morgan fingerprint density at radius 2 is 1.73 bits per heavy atom. The van der Waals surface area contributed by atoms with Gasteiger partial charge < -0.3 is 14.6 Å². The molecule has 1 aromatic heterocycles. The van der Waals surface area contributed by atoms with E-state index >= 15 is 0 Å². The van der Waals surface area contributed by atoms with Gasteiger partial charge in [0, 0.05) is 51.7 Å². The Kier molecular flexibility index (Phi) is 4.42. The van der Waals surface area contributed by atoms with Crippen molar-refractivity contribution in [2.45, 2.75) is 12.5 Å². The Hall–Kier alpha value is -2.38. The molecule has 0 spiro atoms. The molecule has 6 nitrogen and oxygen atoms in total. The molecule has 0 radical (unpaired) electrons. The number of hydrazine groups is 1. The monoisotopic (exact) mass is 358 g/mol. The summed E-state index contributed by atoms with van der Waals surface area (Å²) in [6, 6.07) is 8.30. The Labute approximate surface area is 152 Å². The third kappa shape index (κ3) is 2.97. The van der Waals surface area contributed by atoms with E-state index in [1.165, 1.54) is 12.1 Å². The molecular formula is C19H23FN4O2. The molecule has 1 saturated heterocycles. The maximum absolute atomic E-state index is 13.1. The van der Waals surface area contributed by atoms with E-state index in [0.717, 1.165) is 18.8 Å². The minimum atomic E-state index is -0.626. The Bertz CT molecular complexity index is 796. The van der Waals surface area contributed by atoms with Gasteiger partial charge in [0.25, 0.3) is 5.91 Å². The average molecular weight is 358 g/mol. The standard InChI is InChI=1S/C19H23FN4O2/c1-21-8-6-16-18(21)17(25)7-9-24(19(16)26)23-12-10-22(11-13-23)15-4-2-14(20)3-5-15/h2-6,8,17,25H,7,9-13H2,1H3. The first-order valence-corrected chi connectivity index (χ1v) is 8.95. The molecule has 26 heavy (non-hydrogen) atoms. The minimum Gasteiger partial charge on any atom is -0.387 e. The predicted octanol–water partition coefficient (Wildman–Crippen LogP) is 1.78. The lowest BCUT2D eigenvalue weighted by Crippen LogP contribution is -2.55. The van der Waals surface area contributed by atoms with Gasteiger partial charge in [0.05, 0.1) is 17.4 Å². The molecular weight excluding hydrogens is 335 g/mol. The van der Waals surface area contributed by atoms with Crippen LogP contribution in [-0.4, -0.2) is 58.3 Å². The van der Waals surface area contributed by atoms with Crippen LogP contribution < -0.4 is 4.90 Å². The van der Waals surface area contributed by atoms with Gasteiger partial charge in [-0.05, 0) is 36.8 Å². The second kappa shape index (κ2) is 6.74. The SMILES string of the molecule is Cn1ccc2c1C(O)CCN(N1CCN(c3ccc(F)cc3)CC1)C2=O. The number of nitrogens with zero attached hydrogens (tertiary/aromatic N) is 4. The molecule has 0 bridgehead atoms. The topological polar surface area (TPSA) is 52.0 Å². The quantitative estimate of drug-likeness (QED) is 0.889. The molecule has 0 aliphatic carbocycles. The molecule has 0 saturated carbocycles. The van der Waals surface area contributed by atoms with Crippen LogP contribution >= 0.6 is 0 Å². The van der Waals surface area contributed by atoms with Crippen molar-refractivity contribution in [3.05, 3.63) is 53.6 Å². The number of aliphatic hydroxyl groups excluding tert-OH is 1.